The van der Waals surface area contributed by atoms with E-state index >= 15 is 0 Å². The fourth-order valence-corrected chi connectivity index (χ4v) is 4.83. The smallest absolute Gasteiger partial charge is 0.0354 e. The molecule has 0 N–H and O–H groups in total. The van der Waals surface area contributed by atoms with Gasteiger partial charge < -0.3 is 0 Å². The molecule has 49 heavy (non-hydrogen) atoms. The van der Waals surface area contributed by atoms with Gasteiger partial charge in [0.25, 0.3) is 0 Å². The zero-order chi connectivity index (χ0) is 38.9. The summed E-state index contributed by atoms with van der Waals surface area (Å²) in [4.78, 5) is 0. The van der Waals surface area contributed by atoms with E-state index in [1.165, 1.54) is 51.4 Å². The molecule has 0 nitrogen and oxygen atoms in total. The van der Waals surface area contributed by atoms with Crippen LogP contribution in [0.2, 0.25) is 0 Å². The van der Waals surface area contributed by atoms with Crippen molar-refractivity contribution in [1.29, 1.82) is 0 Å². The van der Waals surface area contributed by atoms with Gasteiger partial charge >= 0.3 is 0 Å². The predicted octanol–water partition coefficient (Wildman–Crippen LogP) is 19.0. The van der Waals surface area contributed by atoms with Crippen LogP contribution in [0.25, 0.3) is 0 Å². The van der Waals surface area contributed by atoms with Gasteiger partial charge in [-0.1, -0.05) is 240 Å². The number of hydrogen-bond acceptors (Lipinski definition) is 0. The summed E-state index contributed by atoms with van der Waals surface area (Å²) in [5.74, 6) is 8.57. The molecule has 0 spiro atoms. The standard InChI is InChI=1S/2C10H22.3C9H20.2CH4/c1-9(2)7-6-8-10(3,4)5;1-8(2)6-7-10(5)9(3)4;2*1-7(2)8(3)9(4,5)6;1-5-6-7-9(4)8(2)3;;/h9H,6-8H2,1-5H3;8-10H,6-7H2,1-5H3;2*7-8H,1-6H3;8-9H,5-7H2,1-4H3;2*1H4/t;10-;2*8-;9-;;/m.1100../s1. The predicted molar refractivity (Wildman–Crippen MR) is 240 cm³/mol. The van der Waals surface area contributed by atoms with Crippen molar-refractivity contribution < 1.29 is 0 Å². The minimum Gasteiger partial charge on any atom is -0.0776 e. The first-order valence-corrected chi connectivity index (χ1v) is 20.8. The Hall–Kier alpha value is 0. The summed E-state index contributed by atoms with van der Waals surface area (Å²) in [5.41, 5.74) is 1.50. The van der Waals surface area contributed by atoms with Crippen LogP contribution in [0.3, 0.4) is 0 Å². The molecule has 0 aliphatic rings. The highest BCUT2D eigenvalue weighted by Gasteiger charge is 2.23. The van der Waals surface area contributed by atoms with Crippen molar-refractivity contribution in [3.05, 3.63) is 0 Å². The first kappa shape index (κ1) is 64.0. The molecule has 0 amide bonds. The van der Waals surface area contributed by atoms with Crippen LogP contribution in [-0.2, 0) is 0 Å². The first-order chi connectivity index (χ1) is 20.8. The Bertz CT molecular complexity index is 586. The molecule has 0 unspecified atom stereocenters. The van der Waals surface area contributed by atoms with Crippen molar-refractivity contribution >= 4 is 0 Å². The third-order valence-corrected chi connectivity index (χ3v) is 10.9. The Labute approximate surface area is 320 Å². The third kappa shape index (κ3) is 52.5. The van der Waals surface area contributed by atoms with Crippen molar-refractivity contribution in [3.8, 4) is 0 Å². The summed E-state index contributed by atoms with van der Waals surface area (Å²) in [6, 6.07) is 0. The van der Waals surface area contributed by atoms with Gasteiger partial charge in [-0.25, -0.2) is 0 Å². The highest BCUT2D eigenvalue weighted by Crippen LogP contribution is 2.31. The maximum atomic E-state index is 2.35. The van der Waals surface area contributed by atoms with E-state index in [0.717, 1.165) is 59.2 Å². The summed E-state index contributed by atoms with van der Waals surface area (Å²) in [7, 11) is 0. The number of rotatable bonds is 13. The zero-order valence-electron chi connectivity index (χ0n) is 38.9. The van der Waals surface area contributed by atoms with Gasteiger partial charge in [-0.3, -0.25) is 0 Å². The largest absolute Gasteiger partial charge is 0.0776 e. The number of unbranched alkanes of at least 4 members (excludes halogenated alkanes) is 1. The van der Waals surface area contributed by atoms with Gasteiger partial charge in [0.05, 0.1) is 0 Å². The number of hydrogen-bond donors (Lipinski definition) is 0. The molecule has 4 atom stereocenters. The minimum atomic E-state index is 0. The van der Waals surface area contributed by atoms with Crippen LogP contribution in [-0.4, -0.2) is 0 Å². The van der Waals surface area contributed by atoms with Crippen LogP contribution in [0.15, 0.2) is 0 Å². The quantitative estimate of drug-likeness (QED) is 0.179. The fourth-order valence-electron chi connectivity index (χ4n) is 4.83. The molecule has 0 saturated heterocycles. The van der Waals surface area contributed by atoms with Gasteiger partial charge in [-0.05, 0) is 81.8 Å². The monoisotopic (exact) mass is 701 g/mol. The van der Waals surface area contributed by atoms with E-state index in [0.29, 0.717) is 16.2 Å². The molecule has 0 radical (unpaired) electrons. The summed E-state index contributed by atoms with van der Waals surface area (Å²) in [6.07, 6.45) is 11.1. The third-order valence-electron chi connectivity index (χ3n) is 10.9. The van der Waals surface area contributed by atoms with Crippen LogP contribution in [0.4, 0.5) is 0 Å². The van der Waals surface area contributed by atoms with Crippen molar-refractivity contribution in [3.63, 3.8) is 0 Å². The maximum absolute atomic E-state index is 2.35. The molecule has 0 rings (SSSR count). The zero-order valence-corrected chi connectivity index (χ0v) is 38.9. The van der Waals surface area contributed by atoms with Gasteiger partial charge in [0.15, 0.2) is 0 Å². The van der Waals surface area contributed by atoms with Crippen molar-refractivity contribution in [2.24, 2.45) is 75.4 Å². The molecule has 0 aromatic heterocycles. The SMILES string of the molecule is C.C.CC(C)CCCC(C)(C)C.CC(C)CC[C@@H](C)C(C)C.CC(C)[C@@H](C)C(C)(C)C.CC(C)[C@H](C)C(C)(C)C.CCCC[C@H](C)C(C)C. The second kappa shape index (κ2) is 33.8. The molecule has 0 heteroatoms. The summed E-state index contributed by atoms with van der Waals surface area (Å²) in [6.45, 7) is 59.9. The molecule has 0 saturated carbocycles. The van der Waals surface area contributed by atoms with Crippen molar-refractivity contribution in [1.82, 2.24) is 0 Å². The van der Waals surface area contributed by atoms with Crippen molar-refractivity contribution in [2.75, 3.05) is 0 Å². The van der Waals surface area contributed by atoms with E-state index in [9.17, 15) is 0 Å². The normalized spacial score (nSPS) is 14.2. The lowest BCUT2D eigenvalue weighted by Crippen LogP contribution is -2.21. The Morgan fingerprint density at radius 2 is 0.673 bits per heavy atom. The molecular formula is C49H112. The topological polar surface area (TPSA) is 0 Å². The molecule has 0 heterocycles. The molecule has 0 aromatic rings. The van der Waals surface area contributed by atoms with Gasteiger partial charge in [0.1, 0.15) is 0 Å². The summed E-state index contributed by atoms with van der Waals surface area (Å²) in [5, 5.41) is 0. The lowest BCUT2D eigenvalue weighted by molar-refractivity contribution is 0.199. The van der Waals surface area contributed by atoms with E-state index in [2.05, 4.69) is 180 Å². The average Bonchev–Trinajstić information content (AvgIpc) is 2.88. The van der Waals surface area contributed by atoms with Gasteiger partial charge in [-0.2, -0.15) is 0 Å². The Kier molecular flexibility index (Phi) is 44.2. The minimum absolute atomic E-state index is 0. The maximum Gasteiger partial charge on any atom is -0.0354 e. The molecule has 0 fully saturated rings. The molecule has 308 valence electrons. The summed E-state index contributed by atoms with van der Waals surface area (Å²) < 4.78 is 0. The van der Waals surface area contributed by atoms with Gasteiger partial charge in [0.2, 0.25) is 0 Å². The molecule has 0 aliphatic heterocycles. The van der Waals surface area contributed by atoms with E-state index in [4.69, 9.17) is 0 Å². The molecule has 0 aromatic carbocycles. The van der Waals surface area contributed by atoms with Crippen molar-refractivity contribution in [2.45, 2.75) is 246 Å². The molecule has 0 aliphatic carbocycles. The fraction of sp³-hybridized carbons (Fsp3) is 1.00. The lowest BCUT2D eigenvalue weighted by Gasteiger charge is -2.30. The second-order valence-corrected chi connectivity index (χ2v) is 21.2. The van der Waals surface area contributed by atoms with Crippen LogP contribution < -0.4 is 0 Å². The second-order valence-electron chi connectivity index (χ2n) is 21.2. The van der Waals surface area contributed by atoms with E-state index in [-0.39, 0.29) is 14.9 Å². The van der Waals surface area contributed by atoms with E-state index in [1.807, 2.05) is 0 Å². The average molecular weight is 701 g/mol. The first-order valence-electron chi connectivity index (χ1n) is 20.8. The van der Waals surface area contributed by atoms with E-state index in [1.54, 1.807) is 0 Å². The van der Waals surface area contributed by atoms with Gasteiger partial charge in [0, 0.05) is 0 Å². The van der Waals surface area contributed by atoms with Crippen LogP contribution in [0.1, 0.15) is 246 Å². The Morgan fingerprint density at radius 1 is 0.367 bits per heavy atom. The van der Waals surface area contributed by atoms with Gasteiger partial charge in [-0.15, -0.1) is 0 Å². The van der Waals surface area contributed by atoms with Crippen LogP contribution in [0.5, 0.6) is 0 Å². The highest BCUT2D eigenvalue weighted by atomic mass is 14.3. The van der Waals surface area contributed by atoms with E-state index < -0.39 is 0 Å². The Balaban J connectivity index is -0.0000000892. The summed E-state index contributed by atoms with van der Waals surface area (Å²) >= 11 is 0. The van der Waals surface area contributed by atoms with Crippen LogP contribution in [0, 0.1) is 75.4 Å². The molecule has 0 bridgehead atoms. The van der Waals surface area contributed by atoms with Crippen LogP contribution >= 0.6 is 0 Å². The molecular weight excluding hydrogens is 589 g/mol. The lowest BCUT2D eigenvalue weighted by atomic mass is 9.76. The highest BCUT2D eigenvalue weighted by molar-refractivity contribution is 4.72. The Morgan fingerprint density at radius 3 is 0.857 bits per heavy atom.